The first-order valence-corrected chi connectivity index (χ1v) is 6.06. The fourth-order valence-electron chi connectivity index (χ4n) is 1.49. The van der Waals surface area contributed by atoms with Gasteiger partial charge in [0, 0.05) is 0 Å². The maximum Gasteiger partial charge on any atom is 0.461 e. The Bertz CT molecular complexity index is 622. The minimum absolute atomic E-state index is 0.150. The van der Waals surface area contributed by atoms with E-state index in [9.17, 15) is 17.6 Å². The lowest BCUT2D eigenvalue weighted by Gasteiger charge is -2.17. The molecule has 1 aromatic carbocycles. The van der Waals surface area contributed by atoms with Gasteiger partial charge in [-0.1, -0.05) is 12.1 Å². The van der Waals surface area contributed by atoms with Crippen LogP contribution in [-0.2, 0) is 7.05 Å². The van der Waals surface area contributed by atoms with Gasteiger partial charge in [-0.2, -0.15) is 22.4 Å². The summed E-state index contributed by atoms with van der Waals surface area (Å²) in [5, 5.41) is 10.3. The summed E-state index contributed by atoms with van der Waals surface area (Å²) >= 11 is 6.08. The van der Waals surface area contributed by atoms with E-state index in [0.29, 0.717) is 5.56 Å². The molecular formula is C11H9ClF4N4O. The normalized spacial score (nSPS) is 13.5. The van der Waals surface area contributed by atoms with Crippen LogP contribution >= 0.6 is 11.6 Å². The fraction of sp³-hybridized carbons (Fsp3) is 0.364. The van der Waals surface area contributed by atoms with Gasteiger partial charge in [0.25, 0.3) is 0 Å². The van der Waals surface area contributed by atoms with Gasteiger partial charge in [-0.25, -0.2) is 0 Å². The van der Waals surface area contributed by atoms with Crippen molar-refractivity contribution in [2.24, 2.45) is 7.05 Å². The summed E-state index contributed by atoms with van der Waals surface area (Å²) in [5.41, 5.74) is 0.312. The molecule has 2 rings (SSSR count). The van der Waals surface area contributed by atoms with Gasteiger partial charge < -0.3 is 4.74 Å². The van der Waals surface area contributed by atoms with Gasteiger partial charge in [-0.05, 0) is 22.9 Å². The smallest absolute Gasteiger partial charge is 0.428 e. The van der Waals surface area contributed by atoms with Crippen LogP contribution in [0.15, 0.2) is 24.3 Å². The summed E-state index contributed by atoms with van der Waals surface area (Å²) in [5.74, 6) is -0.288. The van der Waals surface area contributed by atoms with Crippen LogP contribution in [0.4, 0.5) is 17.6 Å². The molecule has 114 valence electrons. The van der Waals surface area contributed by atoms with E-state index in [2.05, 4.69) is 20.1 Å². The number of aromatic nitrogens is 4. The zero-order chi connectivity index (χ0) is 15.6. The highest BCUT2D eigenvalue weighted by atomic mass is 35.5. The molecule has 0 spiro atoms. The van der Waals surface area contributed by atoms with E-state index >= 15 is 0 Å². The summed E-state index contributed by atoms with van der Waals surface area (Å²) < 4.78 is 53.9. The second kappa shape index (κ2) is 5.84. The maximum atomic E-state index is 12.8. The van der Waals surface area contributed by atoms with E-state index in [1.165, 1.54) is 24.0 Å². The van der Waals surface area contributed by atoms with E-state index in [1.807, 2.05) is 0 Å². The third kappa shape index (κ3) is 3.60. The monoisotopic (exact) mass is 324 g/mol. The van der Waals surface area contributed by atoms with Crippen molar-refractivity contribution in [3.8, 4) is 5.75 Å². The van der Waals surface area contributed by atoms with Gasteiger partial charge in [-0.3, -0.25) is 0 Å². The van der Waals surface area contributed by atoms with Crippen molar-refractivity contribution in [3.63, 3.8) is 0 Å². The topological polar surface area (TPSA) is 52.8 Å². The number of rotatable bonds is 5. The van der Waals surface area contributed by atoms with Crippen molar-refractivity contribution in [1.29, 1.82) is 0 Å². The van der Waals surface area contributed by atoms with E-state index < -0.39 is 23.7 Å². The van der Waals surface area contributed by atoms with Crippen LogP contribution in [0, 0.1) is 0 Å². The Kier molecular flexibility index (Phi) is 4.31. The number of alkyl halides is 5. The molecule has 0 fully saturated rings. The van der Waals surface area contributed by atoms with E-state index in [4.69, 9.17) is 11.6 Å². The minimum atomic E-state index is -4.58. The highest BCUT2D eigenvalue weighted by Crippen LogP contribution is 2.32. The van der Waals surface area contributed by atoms with Crippen LogP contribution in [0.25, 0.3) is 0 Å². The van der Waals surface area contributed by atoms with Crippen LogP contribution in [0.3, 0.4) is 0 Å². The van der Waals surface area contributed by atoms with Crippen LogP contribution in [-0.4, -0.2) is 32.7 Å². The molecule has 1 heterocycles. The Morgan fingerprint density at radius 2 is 2.05 bits per heavy atom. The summed E-state index contributed by atoms with van der Waals surface area (Å²) in [6, 6.07) is 5.08. The number of aryl methyl sites for hydroxylation is 1. The Hall–Kier alpha value is -1.90. The predicted octanol–water partition coefficient (Wildman–Crippen LogP) is 2.78. The van der Waals surface area contributed by atoms with Gasteiger partial charge in [0.05, 0.1) is 7.05 Å². The molecule has 0 aliphatic carbocycles. The average molecular weight is 325 g/mol. The number of nitrogens with zero attached hydrogens (tertiary/aromatic N) is 4. The highest BCUT2D eigenvalue weighted by molar-refractivity contribution is 6.22. The molecule has 1 unspecified atom stereocenters. The Morgan fingerprint density at radius 3 is 2.62 bits per heavy atom. The molecule has 0 amide bonds. The Balaban J connectivity index is 2.21. The average Bonchev–Trinajstić information content (AvgIpc) is 2.84. The Morgan fingerprint density at radius 1 is 1.33 bits per heavy atom. The SMILES string of the molecule is Cn1nnc(C(Cl)c2cccc(OC(F)(F)C(F)F)c2)n1. The fourth-order valence-corrected chi connectivity index (χ4v) is 1.71. The molecule has 1 atom stereocenters. The van der Waals surface area contributed by atoms with Gasteiger partial charge in [0.1, 0.15) is 11.1 Å². The number of hydrogen-bond donors (Lipinski definition) is 0. The van der Waals surface area contributed by atoms with Crippen molar-refractivity contribution in [3.05, 3.63) is 35.7 Å². The number of halogens is 5. The molecule has 0 N–H and O–H groups in total. The molecule has 1 aromatic heterocycles. The molecule has 0 aliphatic rings. The molecule has 0 saturated carbocycles. The standard InChI is InChI=1S/C11H9ClF4N4O/c1-20-18-9(17-19-20)8(12)6-3-2-4-7(5-6)21-11(15,16)10(13)14/h2-5,8,10H,1H3. The second-order valence-corrected chi connectivity index (χ2v) is 4.47. The quantitative estimate of drug-likeness (QED) is 0.627. The van der Waals surface area contributed by atoms with E-state index in [1.54, 1.807) is 0 Å². The molecule has 0 radical (unpaired) electrons. The lowest BCUT2D eigenvalue weighted by atomic mass is 10.1. The van der Waals surface area contributed by atoms with E-state index in [0.717, 1.165) is 12.1 Å². The van der Waals surface area contributed by atoms with E-state index in [-0.39, 0.29) is 5.82 Å². The molecule has 2 aromatic rings. The molecule has 10 heteroatoms. The minimum Gasteiger partial charge on any atom is -0.428 e. The summed E-state index contributed by atoms with van der Waals surface area (Å²) in [4.78, 5) is 1.18. The lowest BCUT2D eigenvalue weighted by Crippen LogP contribution is -2.33. The molecular weight excluding hydrogens is 316 g/mol. The second-order valence-electron chi connectivity index (χ2n) is 4.04. The highest BCUT2D eigenvalue weighted by Gasteiger charge is 2.44. The zero-order valence-electron chi connectivity index (χ0n) is 10.6. The van der Waals surface area contributed by atoms with Crippen molar-refractivity contribution >= 4 is 11.6 Å². The van der Waals surface area contributed by atoms with Crippen LogP contribution < -0.4 is 4.74 Å². The summed E-state index contributed by atoms with van der Waals surface area (Å²) in [6.45, 7) is 0. The lowest BCUT2D eigenvalue weighted by molar-refractivity contribution is -0.253. The molecule has 0 saturated heterocycles. The maximum absolute atomic E-state index is 12.8. The number of tetrazole rings is 1. The first-order chi connectivity index (χ1) is 9.79. The van der Waals surface area contributed by atoms with Crippen molar-refractivity contribution in [1.82, 2.24) is 20.2 Å². The number of hydrogen-bond acceptors (Lipinski definition) is 4. The van der Waals surface area contributed by atoms with Gasteiger partial charge in [0.15, 0.2) is 5.82 Å². The first kappa shape index (κ1) is 15.5. The molecule has 0 bridgehead atoms. The predicted molar refractivity (Wildman–Crippen MR) is 64.5 cm³/mol. The van der Waals surface area contributed by atoms with Crippen molar-refractivity contribution < 1.29 is 22.3 Å². The van der Waals surface area contributed by atoms with Crippen molar-refractivity contribution in [2.75, 3.05) is 0 Å². The van der Waals surface area contributed by atoms with Crippen molar-refractivity contribution in [2.45, 2.75) is 17.9 Å². The van der Waals surface area contributed by atoms with Gasteiger partial charge in [-0.15, -0.1) is 21.8 Å². The largest absolute Gasteiger partial charge is 0.461 e. The molecule has 0 aliphatic heterocycles. The number of ether oxygens (including phenoxy) is 1. The zero-order valence-corrected chi connectivity index (χ0v) is 11.3. The number of benzene rings is 1. The van der Waals surface area contributed by atoms with Crippen LogP contribution in [0.5, 0.6) is 5.75 Å². The molecule has 5 nitrogen and oxygen atoms in total. The third-order valence-corrected chi connectivity index (χ3v) is 2.86. The Labute approximate surface area is 121 Å². The molecule has 21 heavy (non-hydrogen) atoms. The van der Waals surface area contributed by atoms with Crippen LogP contribution in [0.2, 0.25) is 0 Å². The third-order valence-electron chi connectivity index (χ3n) is 2.41. The van der Waals surface area contributed by atoms with Crippen LogP contribution in [0.1, 0.15) is 16.8 Å². The first-order valence-electron chi connectivity index (χ1n) is 5.62. The van der Waals surface area contributed by atoms with Gasteiger partial charge >= 0.3 is 12.5 Å². The summed E-state index contributed by atoms with van der Waals surface area (Å²) in [7, 11) is 1.53. The van der Waals surface area contributed by atoms with Gasteiger partial charge in [0.2, 0.25) is 0 Å². The summed E-state index contributed by atoms with van der Waals surface area (Å²) in [6.07, 6.45) is -8.51.